The molecule has 1 aromatic heterocycles. The number of hydrogen-bond donors (Lipinski definition) is 1. The lowest BCUT2D eigenvalue weighted by atomic mass is 10.4. The summed E-state index contributed by atoms with van der Waals surface area (Å²) in [6.07, 6.45) is 1.77. The lowest BCUT2D eigenvalue weighted by Gasteiger charge is -1.96. The van der Waals surface area contributed by atoms with Crippen LogP contribution in [0.15, 0.2) is 6.20 Å². The molecule has 0 unspecified atom stereocenters. The third-order valence-corrected chi connectivity index (χ3v) is 1.38. The highest BCUT2D eigenvalue weighted by Crippen LogP contribution is 2.08. The maximum atomic E-state index is 5.62. The molecule has 4 heteroatoms. The van der Waals surface area contributed by atoms with Crippen molar-refractivity contribution in [1.29, 1.82) is 0 Å². The van der Waals surface area contributed by atoms with E-state index in [-0.39, 0.29) is 0 Å². The number of aryl methyl sites for hydroxylation is 1. The van der Waals surface area contributed by atoms with Crippen LogP contribution in [0.4, 0.5) is 5.69 Å². The zero-order valence-corrected chi connectivity index (χ0v) is 6.87. The SMILES string of the molecule is CCOCc1nn(C)cc1N. The first-order valence-electron chi connectivity index (χ1n) is 3.59. The smallest absolute Gasteiger partial charge is 0.111 e. The van der Waals surface area contributed by atoms with Gasteiger partial charge in [-0.3, -0.25) is 4.68 Å². The molecule has 0 saturated heterocycles. The van der Waals surface area contributed by atoms with Crippen molar-refractivity contribution in [3.05, 3.63) is 11.9 Å². The van der Waals surface area contributed by atoms with Gasteiger partial charge >= 0.3 is 0 Å². The van der Waals surface area contributed by atoms with E-state index >= 15 is 0 Å². The van der Waals surface area contributed by atoms with Crippen molar-refractivity contribution in [2.24, 2.45) is 7.05 Å². The van der Waals surface area contributed by atoms with Crippen molar-refractivity contribution in [1.82, 2.24) is 9.78 Å². The molecule has 0 aliphatic carbocycles. The third-order valence-electron chi connectivity index (χ3n) is 1.38. The Morgan fingerprint density at radius 2 is 2.45 bits per heavy atom. The molecule has 4 nitrogen and oxygen atoms in total. The highest BCUT2D eigenvalue weighted by molar-refractivity contribution is 5.39. The molecule has 2 N–H and O–H groups in total. The zero-order valence-electron chi connectivity index (χ0n) is 6.87. The molecule has 11 heavy (non-hydrogen) atoms. The second-order valence-corrected chi connectivity index (χ2v) is 2.34. The lowest BCUT2D eigenvalue weighted by Crippen LogP contribution is -1.97. The van der Waals surface area contributed by atoms with Gasteiger partial charge in [0.25, 0.3) is 0 Å². The lowest BCUT2D eigenvalue weighted by molar-refractivity contribution is 0.131. The summed E-state index contributed by atoms with van der Waals surface area (Å²) in [5.74, 6) is 0. The Labute approximate surface area is 66.0 Å². The van der Waals surface area contributed by atoms with Gasteiger partial charge in [-0.05, 0) is 6.92 Å². The molecule has 0 radical (unpaired) electrons. The summed E-state index contributed by atoms with van der Waals surface area (Å²) in [5.41, 5.74) is 7.13. The first-order chi connectivity index (χ1) is 5.24. The number of ether oxygens (including phenoxy) is 1. The Balaban J connectivity index is 2.62. The minimum Gasteiger partial charge on any atom is -0.396 e. The van der Waals surface area contributed by atoms with Gasteiger partial charge in [-0.1, -0.05) is 0 Å². The van der Waals surface area contributed by atoms with E-state index in [0.717, 1.165) is 5.69 Å². The Bertz CT molecular complexity index is 232. The molecule has 0 aromatic carbocycles. The van der Waals surface area contributed by atoms with E-state index in [9.17, 15) is 0 Å². The van der Waals surface area contributed by atoms with Crippen molar-refractivity contribution in [3.63, 3.8) is 0 Å². The predicted molar refractivity (Wildman–Crippen MR) is 43.0 cm³/mol. The van der Waals surface area contributed by atoms with Crippen LogP contribution < -0.4 is 5.73 Å². The van der Waals surface area contributed by atoms with Crippen molar-refractivity contribution < 1.29 is 4.74 Å². The molecule has 1 rings (SSSR count). The summed E-state index contributed by atoms with van der Waals surface area (Å²) in [5, 5.41) is 4.11. The van der Waals surface area contributed by atoms with Crippen molar-refractivity contribution >= 4 is 5.69 Å². The van der Waals surface area contributed by atoms with Crippen molar-refractivity contribution in [2.75, 3.05) is 12.3 Å². The number of aromatic nitrogens is 2. The molecule has 0 atom stereocenters. The van der Waals surface area contributed by atoms with Gasteiger partial charge in [0.2, 0.25) is 0 Å². The number of nitrogens with zero attached hydrogens (tertiary/aromatic N) is 2. The molecule has 1 heterocycles. The minimum absolute atomic E-state index is 0.503. The van der Waals surface area contributed by atoms with Crippen LogP contribution in [-0.4, -0.2) is 16.4 Å². The quantitative estimate of drug-likeness (QED) is 0.693. The van der Waals surface area contributed by atoms with E-state index < -0.39 is 0 Å². The van der Waals surface area contributed by atoms with Crippen molar-refractivity contribution in [3.8, 4) is 0 Å². The molecular formula is C7H13N3O. The molecule has 0 fully saturated rings. The van der Waals surface area contributed by atoms with Crippen LogP contribution >= 0.6 is 0 Å². The monoisotopic (exact) mass is 155 g/mol. The summed E-state index contributed by atoms with van der Waals surface area (Å²) in [4.78, 5) is 0. The van der Waals surface area contributed by atoms with E-state index in [2.05, 4.69) is 5.10 Å². The molecule has 0 aliphatic rings. The van der Waals surface area contributed by atoms with Crippen LogP contribution in [0.5, 0.6) is 0 Å². The number of hydrogen-bond acceptors (Lipinski definition) is 3. The van der Waals surface area contributed by atoms with Crippen LogP contribution in [0.2, 0.25) is 0 Å². The largest absolute Gasteiger partial charge is 0.396 e. The van der Waals surface area contributed by atoms with Crippen LogP contribution in [-0.2, 0) is 18.4 Å². The second kappa shape index (κ2) is 3.39. The minimum atomic E-state index is 0.503. The Morgan fingerprint density at radius 3 is 2.91 bits per heavy atom. The molecule has 0 spiro atoms. The predicted octanol–water partition coefficient (Wildman–Crippen LogP) is 0.539. The maximum absolute atomic E-state index is 5.62. The fraction of sp³-hybridized carbons (Fsp3) is 0.571. The van der Waals surface area contributed by atoms with E-state index in [4.69, 9.17) is 10.5 Å². The first-order valence-corrected chi connectivity index (χ1v) is 3.59. The molecule has 1 aromatic rings. The average Bonchev–Trinajstić information content (AvgIpc) is 2.26. The summed E-state index contributed by atoms with van der Waals surface area (Å²) in [7, 11) is 1.84. The topological polar surface area (TPSA) is 53.1 Å². The standard InChI is InChI=1S/C7H13N3O/c1-3-11-5-7-6(8)4-10(2)9-7/h4H,3,5,8H2,1-2H3. The van der Waals surface area contributed by atoms with Gasteiger partial charge in [-0.25, -0.2) is 0 Å². The zero-order chi connectivity index (χ0) is 8.27. The number of nitrogens with two attached hydrogens (primary N) is 1. The van der Waals surface area contributed by atoms with Crippen LogP contribution in [0.3, 0.4) is 0 Å². The van der Waals surface area contributed by atoms with E-state index in [1.807, 2.05) is 14.0 Å². The molecule has 0 saturated carbocycles. The van der Waals surface area contributed by atoms with E-state index in [1.54, 1.807) is 10.9 Å². The fourth-order valence-electron chi connectivity index (χ4n) is 0.864. The van der Waals surface area contributed by atoms with Gasteiger partial charge in [-0.2, -0.15) is 5.10 Å². The summed E-state index contributed by atoms with van der Waals surface area (Å²) in [6, 6.07) is 0. The molecular weight excluding hydrogens is 142 g/mol. The fourth-order valence-corrected chi connectivity index (χ4v) is 0.864. The van der Waals surface area contributed by atoms with Gasteiger partial charge in [0.1, 0.15) is 5.69 Å². The summed E-state index contributed by atoms with van der Waals surface area (Å²) >= 11 is 0. The van der Waals surface area contributed by atoms with Gasteiger partial charge in [0.05, 0.1) is 12.3 Å². The average molecular weight is 155 g/mol. The highest BCUT2D eigenvalue weighted by Gasteiger charge is 2.02. The van der Waals surface area contributed by atoms with Crippen LogP contribution in [0.25, 0.3) is 0 Å². The number of nitrogen functional groups attached to an aromatic ring is 1. The molecule has 0 bridgehead atoms. The number of rotatable bonds is 3. The van der Waals surface area contributed by atoms with Crippen LogP contribution in [0, 0.1) is 0 Å². The maximum Gasteiger partial charge on any atom is 0.111 e. The van der Waals surface area contributed by atoms with Crippen molar-refractivity contribution in [2.45, 2.75) is 13.5 Å². The molecule has 0 aliphatic heterocycles. The molecule has 62 valence electrons. The van der Waals surface area contributed by atoms with Gasteiger partial charge in [0, 0.05) is 19.9 Å². The highest BCUT2D eigenvalue weighted by atomic mass is 16.5. The second-order valence-electron chi connectivity index (χ2n) is 2.34. The number of anilines is 1. The summed E-state index contributed by atoms with van der Waals surface area (Å²) < 4.78 is 6.84. The Hall–Kier alpha value is -1.03. The Morgan fingerprint density at radius 1 is 1.73 bits per heavy atom. The van der Waals surface area contributed by atoms with Gasteiger partial charge in [-0.15, -0.1) is 0 Å². The van der Waals surface area contributed by atoms with E-state index in [1.165, 1.54) is 0 Å². The summed E-state index contributed by atoms with van der Waals surface area (Å²) in [6.45, 7) is 3.14. The molecule has 0 amide bonds. The van der Waals surface area contributed by atoms with Crippen LogP contribution in [0.1, 0.15) is 12.6 Å². The third kappa shape index (κ3) is 1.94. The van der Waals surface area contributed by atoms with E-state index in [0.29, 0.717) is 18.9 Å². The Kier molecular flexibility index (Phi) is 2.48. The first kappa shape index (κ1) is 8.07. The van der Waals surface area contributed by atoms with Gasteiger partial charge < -0.3 is 10.5 Å². The normalized spacial score (nSPS) is 10.4. The van der Waals surface area contributed by atoms with Gasteiger partial charge in [0.15, 0.2) is 0 Å².